The molecule has 0 unspecified atom stereocenters. The highest BCUT2D eigenvalue weighted by atomic mass is 127. The molecule has 156 valence electrons. The first-order valence-electron chi connectivity index (χ1n) is 8.43. The van der Waals surface area contributed by atoms with Crippen LogP contribution in [0.1, 0.15) is 6.42 Å². The first-order chi connectivity index (χ1) is 13.6. The van der Waals surface area contributed by atoms with Gasteiger partial charge in [0.15, 0.2) is 11.6 Å². The lowest BCUT2D eigenvalue weighted by molar-refractivity contribution is -0.123. The first-order valence-corrected chi connectivity index (χ1v) is 11.7. The van der Waals surface area contributed by atoms with Gasteiger partial charge in [-0.1, -0.05) is 23.2 Å². The second-order valence-corrected chi connectivity index (χ2v) is 10.4. The van der Waals surface area contributed by atoms with Gasteiger partial charge in [-0.25, -0.2) is 12.8 Å². The Morgan fingerprint density at radius 3 is 2.48 bits per heavy atom. The maximum atomic E-state index is 14.1. The highest BCUT2D eigenvalue weighted by Crippen LogP contribution is 2.32. The fraction of sp³-hybridized carbons (Fsp3) is 0.278. The quantitative estimate of drug-likeness (QED) is 0.555. The van der Waals surface area contributed by atoms with Gasteiger partial charge in [-0.3, -0.25) is 4.79 Å². The van der Waals surface area contributed by atoms with Gasteiger partial charge >= 0.3 is 0 Å². The van der Waals surface area contributed by atoms with Crippen LogP contribution in [-0.2, 0) is 14.8 Å². The van der Waals surface area contributed by atoms with E-state index in [0.29, 0.717) is 3.57 Å². The number of sulfonamides is 1. The molecule has 6 nitrogen and oxygen atoms in total. The molecular weight excluding hydrogens is 557 g/mol. The number of hydrogen-bond acceptors (Lipinski definition) is 4. The summed E-state index contributed by atoms with van der Waals surface area (Å²) in [5.41, 5.74) is 0. The molecule has 2 aromatic rings. The number of amides is 1. The average Bonchev–Trinajstić information content (AvgIpc) is 3.07. The van der Waals surface area contributed by atoms with E-state index in [2.05, 4.69) is 5.32 Å². The minimum absolute atomic E-state index is 0.00359. The highest BCUT2D eigenvalue weighted by Gasteiger charge is 2.45. The molecule has 0 aromatic heterocycles. The summed E-state index contributed by atoms with van der Waals surface area (Å²) in [6, 6.07) is 7.37. The lowest BCUT2D eigenvalue weighted by Crippen LogP contribution is -2.44. The Kier molecular flexibility index (Phi) is 6.94. The van der Waals surface area contributed by atoms with Gasteiger partial charge in [-0.2, -0.15) is 4.31 Å². The lowest BCUT2D eigenvalue weighted by atomic mass is 10.2. The highest BCUT2D eigenvalue weighted by molar-refractivity contribution is 14.1. The van der Waals surface area contributed by atoms with Gasteiger partial charge < -0.3 is 10.1 Å². The van der Waals surface area contributed by atoms with Crippen LogP contribution in [0.2, 0.25) is 10.0 Å². The van der Waals surface area contributed by atoms with E-state index in [0.717, 1.165) is 4.31 Å². The third-order valence-corrected chi connectivity index (χ3v) is 7.36. The zero-order valence-electron chi connectivity index (χ0n) is 15.0. The summed E-state index contributed by atoms with van der Waals surface area (Å²) >= 11 is 13.9. The largest absolute Gasteiger partial charge is 0.486 e. The number of nitrogens with one attached hydrogen (secondary N) is 1. The molecule has 3 rings (SSSR count). The minimum atomic E-state index is -4.10. The molecule has 0 bridgehead atoms. The van der Waals surface area contributed by atoms with Crippen LogP contribution in [0.5, 0.6) is 5.75 Å². The van der Waals surface area contributed by atoms with E-state index in [1.54, 1.807) is 6.07 Å². The van der Waals surface area contributed by atoms with Crippen LogP contribution in [0, 0.1) is 9.39 Å². The molecule has 2 aromatic carbocycles. The molecule has 1 amide bonds. The Balaban J connectivity index is 1.92. The van der Waals surface area contributed by atoms with E-state index in [-0.39, 0.29) is 33.7 Å². The van der Waals surface area contributed by atoms with Gasteiger partial charge in [-0.05, 0) is 59.0 Å². The number of likely N-dealkylation sites (N-methyl/N-ethyl adjacent to an activating group) is 1. The summed E-state index contributed by atoms with van der Waals surface area (Å²) in [5, 5.41) is 2.77. The van der Waals surface area contributed by atoms with Crippen LogP contribution in [0.4, 0.5) is 4.39 Å². The Morgan fingerprint density at radius 1 is 1.24 bits per heavy atom. The van der Waals surface area contributed by atoms with Crippen molar-refractivity contribution < 1.29 is 22.3 Å². The van der Waals surface area contributed by atoms with Crippen molar-refractivity contribution in [3.63, 3.8) is 0 Å². The van der Waals surface area contributed by atoms with Gasteiger partial charge in [0.05, 0.1) is 11.4 Å². The van der Waals surface area contributed by atoms with Crippen molar-refractivity contribution in [2.75, 3.05) is 13.6 Å². The van der Waals surface area contributed by atoms with Crippen LogP contribution < -0.4 is 10.1 Å². The molecule has 29 heavy (non-hydrogen) atoms. The zero-order chi connectivity index (χ0) is 21.3. The molecular formula is C18H16Cl2FIN2O4S. The molecule has 0 radical (unpaired) electrons. The minimum Gasteiger partial charge on any atom is -0.486 e. The first kappa shape index (κ1) is 22.5. The Hall–Kier alpha value is -1.14. The number of benzene rings is 2. The molecule has 1 aliphatic heterocycles. The number of halogens is 4. The fourth-order valence-corrected chi connectivity index (χ4v) is 5.90. The van der Waals surface area contributed by atoms with E-state index in [4.69, 9.17) is 27.9 Å². The number of hydrogen-bond donors (Lipinski definition) is 1. The molecule has 2 atom stereocenters. The molecule has 1 heterocycles. The predicted octanol–water partition coefficient (Wildman–Crippen LogP) is 3.69. The van der Waals surface area contributed by atoms with Gasteiger partial charge in [-0.15, -0.1) is 0 Å². The Bertz CT molecular complexity index is 1030. The van der Waals surface area contributed by atoms with E-state index in [9.17, 15) is 17.6 Å². The van der Waals surface area contributed by atoms with Crippen molar-refractivity contribution in [1.82, 2.24) is 9.62 Å². The summed E-state index contributed by atoms with van der Waals surface area (Å²) < 4.78 is 47.9. The lowest BCUT2D eigenvalue weighted by Gasteiger charge is -2.22. The average molecular weight is 573 g/mol. The van der Waals surface area contributed by atoms with Crippen molar-refractivity contribution in [3.8, 4) is 5.75 Å². The SMILES string of the molecule is CNC(=O)[C@H]1C[C@@H](Oc2ccc(I)cc2F)CN1S(=O)(=O)c1cc(Cl)cc(Cl)c1. The monoisotopic (exact) mass is 572 g/mol. The van der Waals surface area contributed by atoms with E-state index in [1.807, 2.05) is 22.6 Å². The van der Waals surface area contributed by atoms with E-state index >= 15 is 0 Å². The zero-order valence-corrected chi connectivity index (χ0v) is 19.5. The Morgan fingerprint density at radius 2 is 1.90 bits per heavy atom. The summed E-state index contributed by atoms with van der Waals surface area (Å²) in [7, 11) is -2.69. The normalized spacial score (nSPS) is 19.9. The second kappa shape index (κ2) is 8.93. The predicted molar refractivity (Wildman–Crippen MR) is 116 cm³/mol. The molecule has 1 N–H and O–H groups in total. The third kappa shape index (κ3) is 4.96. The Labute approximate surface area is 191 Å². The van der Waals surface area contributed by atoms with Crippen LogP contribution in [0.3, 0.4) is 0 Å². The standard InChI is InChI=1S/C18H16Cl2FIN2O4S/c1-23-18(25)16-8-13(28-17-3-2-12(22)7-15(17)21)9-24(16)29(26,27)14-5-10(19)4-11(20)6-14/h2-7,13,16H,8-9H2,1H3,(H,23,25)/t13-,16-/m1/s1. The van der Waals surface area contributed by atoms with Crippen molar-refractivity contribution in [3.05, 3.63) is 55.8 Å². The summed E-state index contributed by atoms with van der Waals surface area (Å²) in [4.78, 5) is 12.2. The number of carbonyl (C=O) groups excluding carboxylic acids is 1. The molecule has 1 fully saturated rings. The molecule has 11 heteroatoms. The van der Waals surface area contributed by atoms with E-state index in [1.165, 1.54) is 37.4 Å². The van der Waals surface area contributed by atoms with Crippen LogP contribution in [-0.4, -0.2) is 44.4 Å². The number of rotatable bonds is 5. The van der Waals surface area contributed by atoms with Gasteiger partial charge in [0.25, 0.3) is 0 Å². The summed E-state index contributed by atoms with van der Waals surface area (Å²) in [6.45, 7) is -0.129. The summed E-state index contributed by atoms with van der Waals surface area (Å²) in [6.07, 6.45) is -0.644. The van der Waals surface area contributed by atoms with Gasteiger partial charge in [0, 0.05) is 27.1 Å². The van der Waals surface area contributed by atoms with Crippen LogP contribution in [0.25, 0.3) is 0 Å². The number of ether oxygens (including phenoxy) is 1. The van der Waals surface area contributed by atoms with Crippen molar-refractivity contribution in [1.29, 1.82) is 0 Å². The van der Waals surface area contributed by atoms with Gasteiger partial charge in [0.1, 0.15) is 12.1 Å². The summed E-state index contributed by atoms with van der Waals surface area (Å²) in [5.74, 6) is -1.05. The third-order valence-electron chi connectivity index (χ3n) is 4.40. The second-order valence-electron chi connectivity index (χ2n) is 6.36. The van der Waals surface area contributed by atoms with Crippen LogP contribution in [0.15, 0.2) is 41.3 Å². The van der Waals surface area contributed by atoms with E-state index < -0.39 is 33.9 Å². The number of nitrogens with zero attached hydrogens (tertiary/aromatic N) is 1. The molecule has 0 spiro atoms. The smallest absolute Gasteiger partial charge is 0.244 e. The maximum Gasteiger partial charge on any atom is 0.244 e. The molecule has 0 saturated carbocycles. The van der Waals surface area contributed by atoms with Crippen molar-refractivity contribution >= 4 is 61.7 Å². The molecule has 1 saturated heterocycles. The van der Waals surface area contributed by atoms with Crippen LogP contribution >= 0.6 is 45.8 Å². The maximum absolute atomic E-state index is 14.1. The van der Waals surface area contributed by atoms with Crippen molar-refractivity contribution in [2.45, 2.75) is 23.5 Å². The fourth-order valence-electron chi connectivity index (χ4n) is 3.09. The van der Waals surface area contributed by atoms with Crippen molar-refractivity contribution in [2.24, 2.45) is 0 Å². The number of carbonyl (C=O) groups is 1. The van der Waals surface area contributed by atoms with Gasteiger partial charge in [0.2, 0.25) is 15.9 Å². The molecule has 0 aliphatic carbocycles. The topological polar surface area (TPSA) is 75.7 Å². The molecule has 1 aliphatic rings.